The highest BCUT2D eigenvalue weighted by molar-refractivity contribution is 6.29. The molecule has 5 nitrogen and oxygen atoms in total. The van der Waals surface area contributed by atoms with Gasteiger partial charge in [0.2, 0.25) is 0 Å². The largest absolute Gasteiger partial charge is 0.467 e. The number of ether oxygens (including phenoxy) is 1. The van der Waals surface area contributed by atoms with Crippen molar-refractivity contribution < 1.29 is 9.53 Å². The zero-order valence-electron chi connectivity index (χ0n) is 8.37. The summed E-state index contributed by atoms with van der Waals surface area (Å²) in [5.74, 6) is 4.60. The third-order valence-corrected chi connectivity index (χ3v) is 1.46. The van der Waals surface area contributed by atoms with Crippen molar-refractivity contribution in [1.29, 1.82) is 0 Å². The molecule has 0 radical (unpaired) electrons. The van der Waals surface area contributed by atoms with E-state index >= 15 is 0 Å². The topological polar surface area (TPSA) is 77.0 Å². The van der Waals surface area contributed by atoms with Crippen LogP contribution in [-0.4, -0.2) is 30.5 Å². The van der Waals surface area contributed by atoms with Gasteiger partial charge < -0.3 is 10.6 Å². The molecule has 0 rings (SSSR count). The Morgan fingerprint density at radius 1 is 1.54 bits per heavy atom. The summed E-state index contributed by atoms with van der Waals surface area (Å²) in [4.78, 5) is 15.1. The van der Waals surface area contributed by atoms with Gasteiger partial charge in [-0.15, -0.1) is 0 Å². The minimum absolute atomic E-state index is 0.395. The molecule has 0 bridgehead atoms. The van der Waals surface area contributed by atoms with Crippen LogP contribution in [0.4, 0.5) is 0 Å². The van der Waals surface area contributed by atoms with Crippen LogP contribution in [0.2, 0.25) is 0 Å². The first-order chi connectivity index (χ1) is 5.94. The highest BCUT2D eigenvalue weighted by atomic mass is 16.5. The first-order valence-electron chi connectivity index (χ1n) is 3.82. The number of nitrogens with zero attached hydrogens (tertiary/aromatic N) is 2. The molecule has 13 heavy (non-hydrogen) atoms. The standard InChI is InChI=1S/C8H15N3O2/c1-6(11-9)5-10-8(2,3)7(12)13-4/h5H,9H2,1-4H3. The van der Waals surface area contributed by atoms with Gasteiger partial charge in [-0.3, -0.25) is 4.99 Å². The molecular weight excluding hydrogens is 170 g/mol. The molecule has 0 saturated heterocycles. The monoisotopic (exact) mass is 185 g/mol. The van der Waals surface area contributed by atoms with Crippen LogP contribution in [0, 0.1) is 0 Å². The van der Waals surface area contributed by atoms with Crippen molar-refractivity contribution in [2.75, 3.05) is 7.11 Å². The predicted molar refractivity (Wildman–Crippen MR) is 51.9 cm³/mol. The molecule has 0 aliphatic rings. The van der Waals surface area contributed by atoms with Gasteiger partial charge in [-0.2, -0.15) is 5.10 Å². The van der Waals surface area contributed by atoms with Crippen LogP contribution >= 0.6 is 0 Å². The van der Waals surface area contributed by atoms with E-state index in [1.807, 2.05) is 0 Å². The van der Waals surface area contributed by atoms with E-state index in [1.165, 1.54) is 13.3 Å². The molecule has 0 aliphatic carbocycles. The van der Waals surface area contributed by atoms with Gasteiger partial charge in [-0.25, -0.2) is 4.79 Å². The lowest BCUT2D eigenvalue weighted by molar-refractivity contribution is -0.145. The van der Waals surface area contributed by atoms with Crippen molar-refractivity contribution in [3.05, 3.63) is 0 Å². The molecule has 2 N–H and O–H groups in total. The number of carbonyl (C=O) groups is 1. The Morgan fingerprint density at radius 2 is 2.08 bits per heavy atom. The Labute approximate surface area is 77.7 Å². The van der Waals surface area contributed by atoms with Crippen LogP contribution < -0.4 is 5.84 Å². The van der Waals surface area contributed by atoms with Crippen molar-refractivity contribution in [2.45, 2.75) is 26.3 Å². The fraction of sp³-hybridized carbons (Fsp3) is 0.625. The van der Waals surface area contributed by atoms with Gasteiger partial charge in [0, 0.05) is 6.21 Å². The molecular formula is C8H15N3O2. The summed E-state index contributed by atoms with van der Waals surface area (Å²) >= 11 is 0. The third kappa shape index (κ3) is 3.68. The maximum Gasteiger partial charge on any atom is 0.333 e. The van der Waals surface area contributed by atoms with Gasteiger partial charge in [-0.05, 0) is 20.8 Å². The SMILES string of the molecule is COC(=O)C(C)(C)N=CC(C)=NN. The van der Waals surface area contributed by atoms with Crippen LogP contribution in [0.1, 0.15) is 20.8 Å². The molecule has 0 aliphatic heterocycles. The molecule has 0 aromatic heterocycles. The zero-order valence-corrected chi connectivity index (χ0v) is 8.37. The van der Waals surface area contributed by atoms with Crippen molar-refractivity contribution in [3.63, 3.8) is 0 Å². The summed E-state index contributed by atoms with van der Waals surface area (Å²) in [6, 6.07) is 0. The summed E-state index contributed by atoms with van der Waals surface area (Å²) in [7, 11) is 1.32. The Morgan fingerprint density at radius 3 is 2.46 bits per heavy atom. The Balaban J connectivity index is 4.50. The van der Waals surface area contributed by atoms with E-state index < -0.39 is 11.5 Å². The van der Waals surface area contributed by atoms with Crippen molar-refractivity contribution in [3.8, 4) is 0 Å². The van der Waals surface area contributed by atoms with Gasteiger partial charge in [0.15, 0.2) is 5.54 Å². The van der Waals surface area contributed by atoms with Gasteiger partial charge in [0.05, 0.1) is 12.8 Å². The summed E-state index contributed by atoms with van der Waals surface area (Å²) < 4.78 is 4.56. The van der Waals surface area contributed by atoms with Crippen LogP contribution in [0.15, 0.2) is 10.1 Å². The highest BCUT2D eigenvalue weighted by Gasteiger charge is 2.26. The van der Waals surface area contributed by atoms with Crippen molar-refractivity contribution in [1.82, 2.24) is 0 Å². The maximum absolute atomic E-state index is 11.1. The molecule has 74 valence electrons. The molecule has 0 unspecified atom stereocenters. The maximum atomic E-state index is 11.1. The molecule has 0 aromatic rings. The first kappa shape index (κ1) is 11.6. The second-order valence-electron chi connectivity index (χ2n) is 3.08. The number of nitrogens with two attached hydrogens (primary N) is 1. The zero-order chi connectivity index (χ0) is 10.5. The normalized spacial score (nSPS) is 13.4. The number of hydrogen-bond donors (Lipinski definition) is 1. The van der Waals surface area contributed by atoms with Crippen LogP contribution in [0.3, 0.4) is 0 Å². The van der Waals surface area contributed by atoms with Gasteiger partial charge >= 0.3 is 5.97 Å². The number of carbonyl (C=O) groups excluding carboxylic acids is 1. The second-order valence-corrected chi connectivity index (χ2v) is 3.08. The third-order valence-electron chi connectivity index (χ3n) is 1.46. The summed E-state index contributed by atoms with van der Waals surface area (Å²) in [6.07, 6.45) is 1.44. The predicted octanol–water partition coefficient (Wildman–Crippen LogP) is 0.343. The lowest BCUT2D eigenvalue weighted by atomic mass is 10.1. The molecule has 0 aromatic carbocycles. The smallest absolute Gasteiger partial charge is 0.333 e. The number of hydrogen-bond acceptors (Lipinski definition) is 5. The van der Waals surface area contributed by atoms with Crippen molar-refractivity contribution >= 4 is 17.9 Å². The fourth-order valence-electron chi connectivity index (χ4n) is 0.591. The highest BCUT2D eigenvalue weighted by Crippen LogP contribution is 2.09. The average Bonchev–Trinajstić information content (AvgIpc) is 2.12. The number of esters is 1. The van der Waals surface area contributed by atoms with Gasteiger partial charge in [0.1, 0.15) is 0 Å². The molecule has 0 spiro atoms. The molecule has 5 heteroatoms. The minimum Gasteiger partial charge on any atom is -0.467 e. The quantitative estimate of drug-likeness (QED) is 0.298. The number of methoxy groups -OCH3 is 1. The van der Waals surface area contributed by atoms with Crippen LogP contribution in [-0.2, 0) is 9.53 Å². The van der Waals surface area contributed by atoms with E-state index in [4.69, 9.17) is 5.84 Å². The lowest BCUT2D eigenvalue weighted by Gasteiger charge is -2.15. The molecule has 0 atom stereocenters. The van der Waals surface area contributed by atoms with Gasteiger partial charge in [0.25, 0.3) is 0 Å². The van der Waals surface area contributed by atoms with E-state index in [2.05, 4.69) is 14.8 Å². The molecule has 0 saturated carbocycles. The van der Waals surface area contributed by atoms with Crippen molar-refractivity contribution in [2.24, 2.45) is 15.9 Å². The summed E-state index contributed by atoms with van der Waals surface area (Å²) in [5, 5.41) is 3.39. The minimum atomic E-state index is -0.888. The van der Waals surface area contributed by atoms with Crippen LogP contribution in [0.5, 0.6) is 0 Å². The Hall–Kier alpha value is -1.39. The fourth-order valence-corrected chi connectivity index (χ4v) is 0.591. The number of aliphatic imine (C=N–C) groups is 1. The van der Waals surface area contributed by atoms with E-state index in [9.17, 15) is 4.79 Å². The number of hydrazone groups is 1. The molecule has 0 heterocycles. The Kier molecular flexibility index (Phi) is 4.10. The lowest BCUT2D eigenvalue weighted by Crippen LogP contribution is -2.31. The van der Waals surface area contributed by atoms with E-state index in [0.29, 0.717) is 5.71 Å². The van der Waals surface area contributed by atoms with E-state index in [-0.39, 0.29) is 0 Å². The van der Waals surface area contributed by atoms with Crippen LogP contribution in [0.25, 0.3) is 0 Å². The molecule has 0 fully saturated rings. The summed E-state index contributed by atoms with van der Waals surface area (Å²) in [5.41, 5.74) is -0.335. The molecule has 0 amide bonds. The summed E-state index contributed by atoms with van der Waals surface area (Å²) in [6.45, 7) is 5.00. The first-order valence-corrected chi connectivity index (χ1v) is 3.82. The Bertz CT molecular complexity index is 244. The second kappa shape index (κ2) is 4.59. The average molecular weight is 185 g/mol. The van der Waals surface area contributed by atoms with E-state index in [0.717, 1.165) is 0 Å². The van der Waals surface area contributed by atoms with E-state index in [1.54, 1.807) is 20.8 Å². The number of rotatable bonds is 3. The van der Waals surface area contributed by atoms with Gasteiger partial charge in [-0.1, -0.05) is 0 Å².